The third kappa shape index (κ3) is 5.61. The lowest BCUT2D eigenvalue weighted by Gasteiger charge is -2.31. The number of nitrogens with zero attached hydrogens (tertiary/aromatic N) is 1. The minimum atomic E-state index is -3.87. The fourth-order valence-corrected chi connectivity index (χ4v) is 4.94. The van der Waals surface area contributed by atoms with E-state index in [1.165, 1.54) is 23.4 Å². The highest BCUT2D eigenvalue weighted by molar-refractivity contribution is 7.89. The van der Waals surface area contributed by atoms with E-state index in [-0.39, 0.29) is 18.0 Å². The number of anilines is 1. The lowest BCUT2D eigenvalue weighted by molar-refractivity contribution is -0.158. The number of sulfonamides is 1. The van der Waals surface area contributed by atoms with E-state index in [2.05, 4.69) is 5.32 Å². The Labute approximate surface area is 185 Å². The summed E-state index contributed by atoms with van der Waals surface area (Å²) in [5.74, 6) is -2.45. The molecule has 2 aromatic rings. The standard InChI is InChI=1S/C21H22ClFN2O5S/c1-14(20(26)24-19-7-3-2-6-18(19)22)30-21(27)15-5-4-12-25(13-15)31(28,29)17-10-8-16(23)9-11-17/h2-3,6-11,14-15H,4-5,12-13H2,1H3,(H,24,26). The molecule has 1 fully saturated rings. The maximum Gasteiger partial charge on any atom is 0.311 e. The summed E-state index contributed by atoms with van der Waals surface area (Å²) in [6, 6.07) is 11.2. The molecule has 0 aromatic heterocycles. The van der Waals surface area contributed by atoms with Crippen LogP contribution in [-0.4, -0.2) is 43.8 Å². The Hall–Kier alpha value is -2.49. The van der Waals surface area contributed by atoms with Gasteiger partial charge in [-0.05, 0) is 56.2 Å². The van der Waals surface area contributed by atoms with Crippen molar-refractivity contribution in [1.29, 1.82) is 0 Å². The van der Waals surface area contributed by atoms with Crippen molar-refractivity contribution in [2.45, 2.75) is 30.8 Å². The number of carbonyl (C=O) groups is 2. The van der Waals surface area contributed by atoms with Crippen LogP contribution >= 0.6 is 11.6 Å². The molecule has 7 nitrogen and oxygen atoms in total. The molecule has 0 radical (unpaired) electrons. The first-order valence-corrected chi connectivity index (χ1v) is 11.5. The zero-order valence-electron chi connectivity index (χ0n) is 16.8. The number of hydrogen-bond acceptors (Lipinski definition) is 5. The fourth-order valence-electron chi connectivity index (χ4n) is 3.23. The van der Waals surface area contributed by atoms with Crippen molar-refractivity contribution in [2.75, 3.05) is 18.4 Å². The maximum absolute atomic E-state index is 13.1. The van der Waals surface area contributed by atoms with Crippen molar-refractivity contribution in [2.24, 2.45) is 5.92 Å². The molecule has 166 valence electrons. The molecule has 0 aliphatic carbocycles. The third-order valence-corrected chi connectivity index (χ3v) is 7.17. The largest absolute Gasteiger partial charge is 0.452 e. The fraction of sp³-hybridized carbons (Fsp3) is 0.333. The van der Waals surface area contributed by atoms with Crippen LogP contribution < -0.4 is 5.32 Å². The van der Waals surface area contributed by atoms with E-state index < -0.39 is 39.7 Å². The number of rotatable bonds is 6. The van der Waals surface area contributed by atoms with Gasteiger partial charge in [-0.15, -0.1) is 0 Å². The monoisotopic (exact) mass is 468 g/mol. The number of carbonyl (C=O) groups excluding carboxylic acids is 2. The Balaban J connectivity index is 1.62. The first-order chi connectivity index (χ1) is 14.7. The molecule has 1 heterocycles. The van der Waals surface area contributed by atoms with Gasteiger partial charge in [0.05, 0.1) is 21.5 Å². The summed E-state index contributed by atoms with van der Waals surface area (Å²) in [6.45, 7) is 1.60. The molecule has 1 amide bonds. The van der Waals surface area contributed by atoms with Crippen LogP contribution in [0.5, 0.6) is 0 Å². The zero-order valence-corrected chi connectivity index (χ0v) is 18.3. The number of piperidine rings is 1. The number of benzene rings is 2. The molecule has 0 bridgehead atoms. The molecule has 1 saturated heterocycles. The van der Waals surface area contributed by atoms with Gasteiger partial charge < -0.3 is 10.1 Å². The molecule has 1 aliphatic rings. The molecule has 2 atom stereocenters. The lowest BCUT2D eigenvalue weighted by Crippen LogP contribution is -2.44. The van der Waals surface area contributed by atoms with Crippen molar-refractivity contribution >= 4 is 39.2 Å². The van der Waals surface area contributed by atoms with Crippen LogP contribution in [0, 0.1) is 11.7 Å². The molecule has 31 heavy (non-hydrogen) atoms. The molecule has 1 N–H and O–H groups in total. The van der Waals surface area contributed by atoms with Gasteiger partial charge in [0, 0.05) is 13.1 Å². The van der Waals surface area contributed by atoms with Crippen LogP contribution in [0.3, 0.4) is 0 Å². The van der Waals surface area contributed by atoms with Crippen LogP contribution in [0.15, 0.2) is 53.4 Å². The summed E-state index contributed by atoms with van der Waals surface area (Å²) in [5.41, 5.74) is 0.395. The number of esters is 1. The third-order valence-electron chi connectivity index (χ3n) is 4.96. The van der Waals surface area contributed by atoms with Crippen molar-refractivity contribution < 1.29 is 27.1 Å². The Bertz CT molecular complexity index is 1060. The molecule has 2 unspecified atom stereocenters. The van der Waals surface area contributed by atoms with Crippen LogP contribution in [0.1, 0.15) is 19.8 Å². The smallest absolute Gasteiger partial charge is 0.311 e. The average molecular weight is 469 g/mol. The summed E-state index contributed by atoms with van der Waals surface area (Å²) in [7, 11) is -3.87. The number of amides is 1. The number of nitrogens with one attached hydrogen (secondary N) is 1. The highest BCUT2D eigenvalue weighted by atomic mass is 35.5. The van der Waals surface area contributed by atoms with Gasteiger partial charge in [-0.2, -0.15) is 4.31 Å². The zero-order chi connectivity index (χ0) is 22.6. The van der Waals surface area contributed by atoms with Gasteiger partial charge in [-0.3, -0.25) is 9.59 Å². The Morgan fingerprint density at radius 3 is 2.55 bits per heavy atom. The molecule has 2 aromatic carbocycles. The molecular weight excluding hydrogens is 447 g/mol. The van der Waals surface area contributed by atoms with Crippen molar-refractivity contribution in [3.8, 4) is 0 Å². The highest BCUT2D eigenvalue weighted by Crippen LogP contribution is 2.25. The van der Waals surface area contributed by atoms with E-state index in [1.54, 1.807) is 24.3 Å². The summed E-state index contributed by atoms with van der Waals surface area (Å²) in [5, 5.41) is 2.94. The van der Waals surface area contributed by atoms with Crippen LogP contribution in [-0.2, 0) is 24.3 Å². The molecule has 10 heteroatoms. The summed E-state index contributed by atoms with van der Waals surface area (Å²) >= 11 is 6.01. The first-order valence-electron chi connectivity index (χ1n) is 9.70. The van der Waals surface area contributed by atoms with Crippen LogP contribution in [0.25, 0.3) is 0 Å². The number of para-hydroxylation sites is 1. The van der Waals surface area contributed by atoms with Gasteiger partial charge in [0.2, 0.25) is 10.0 Å². The van der Waals surface area contributed by atoms with E-state index in [0.717, 1.165) is 12.1 Å². The number of hydrogen-bond donors (Lipinski definition) is 1. The second kappa shape index (κ2) is 9.76. The van der Waals surface area contributed by atoms with E-state index in [9.17, 15) is 22.4 Å². The Kier molecular flexibility index (Phi) is 7.30. The van der Waals surface area contributed by atoms with E-state index in [0.29, 0.717) is 23.6 Å². The van der Waals surface area contributed by atoms with E-state index in [1.807, 2.05) is 0 Å². The second-order valence-corrected chi connectivity index (χ2v) is 9.55. The van der Waals surface area contributed by atoms with Crippen LogP contribution in [0.2, 0.25) is 5.02 Å². The van der Waals surface area contributed by atoms with Crippen molar-refractivity contribution in [1.82, 2.24) is 4.31 Å². The lowest BCUT2D eigenvalue weighted by atomic mass is 10.00. The molecule has 0 saturated carbocycles. The number of halogens is 2. The number of ether oxygens (including phenoxy) is 1. The van der Waals surface area contributed by atoms with Gasteiger partial charge in [-0.25, -0.2) is 12.8 Å². The predicted molar refractivity (Wildman–Crippen MR) is 114 cm³/mol. The van der Waals surface area contributed by atoms with E-state index >= 15 is 0 Å². The maximum atomic E-state index is 13.1. The molecular formula is C21H22ClFN2O5S. The van der Waals surface area contributed by atoms with Gasteiger partial charge >= 0.3 is 5.97 Å². The molecule has 3 rings (SSSR count). The van der Waals surface area contributed by atoms with Gasteiger partial charge in [0.15, 0.2) is 6.10 Å². The Morgan fingerprint density at radius 1 is 1.19 bits per heavy atom. The van der Waals surface area contributed by atoms with Gasteiger partial charge in [0.1, 0.15) is 5.82 Å². The van der Waals surface area contributed by atoms with Gasteiger partial charge in [-0.1, -0.05) is 23.7 Å². The minimum absolute atomic E-state index is 0.0459. The topological polar surface area (TPSA) is 92.8 Å². The SMILES string of the molecule is CC(OC(=O)C1CCCN(S(=O)(=O)c2ccc(F)cc2)C1)C(=O)Nc1ccccc1Cl. The molecule has 1 aliphatic heterocycles. The van der Waals surface area contributed by atoms with E-state index in [4.69, 9.17) is 16.3 Å². The quantitative estimate of drug-likeness (QED) is 0.655. The summed E-state index contributed by atoms with van der Waals surface area (Å²) in [6.07, 6.45) is -0.194. The summed E-state index contributed by atoms with van der Waals surface area (Å²) in [4.78, 5) is 24.9. The van der Waals surface area contributed by atoms with Gasteiger partial charge in [0.25, 0.3) is 5.91 Å². The second-order valence-electron chi connectivity index (χ2n) is 7.20. The average Bonchev–Trinajstić information content (AvgIpc) is 2.75. The normalized spacial score (nSPS) is 18.2. The first kappa shape index (κ1) is 23.2. The molecule has 0 spiro atoms. The Morgan fingerprint density at radius 2 is 1.87 bits per heavy atom. The summed E-state index contributed by atoms with van der Waals surface area (Å²) < 4.78 is 45.2. The highest BCUT2D eigenvalue weighted by Gasteiger charge is 2.35. The predicted octanol–water partition coefficient (Wildman–Crippen LogP) is 3.45. The van der Waals surface area contributed by atoms with Crippen LogP contribution in [0.4, 0.5) is 10.1 Å². The van der Waals surface area contributed by atoms with Crippen molar-refractivity contribution in [3.63, 3.8) is 0 Å². The van der Waals surface area contributed by atoms with Crippen molar-refractivity contribution in [3.05, 3.63) is 59.4 Å². The minimum Gasteiger partial charge on any atom is -0.452 e.